The molecule has 0 saturated heterocycles. The second-order valence-corrected chi connectivity index (χ2v) is 5.13. The first kappa shape index (κ1) is 9.73. The summed E-state index contributed by atoms with van der Waals surface area (Å²) in [6, 6.07) is 10.7. The highest BCUT2D eigenvalue weighted by molar-refractivity contribution is 9.09. The monoisotopic (exact) mass is 249 g/mol. The van der Waals surface area contributed by atoms with E-state index in [9.17, 15) is 5.26 Å². The highest BCUT2D eigenvalue weighted by Crippen LogP contribution is 2.40. The van der Waals surface area contributed by atoms with Crippen LogP contribution in [0.5, 0.6) is 0 Å². The van der Waals surface area contributed by atoms with Gasteiger partial charge in [0.05, 0.1) is 6.07 Å². The first-order chi connectivity index (χ1) is 6.76. The first-order valence-corrected chi connectivity index (χ1v) is 5.74. The molecule has 2 heteroatoms. The van der Waals surface area contributed by atoms with E-state index in [1.807, 2.05) is 6.07 Å². The minimum atomic E-state index is -0.444. The molecule has 1 aromatic carbocycles. The van der Waals surface area contributed by atoms with Gasteiger partial charge >= 0.3 is 0 Å². The molecule has 0 radical (unpaired) electrons. The zero-order valence-electron chi connectivity index (χ0n) is 7.96. The third-order valence-corrected chi connectivity index (χ3v) is 3.84. The molecule has 1 aromatic rings. The zero-order valence-corrected chi connectivity index (χ0v) is 9.55. The molecule has 1 nitrogen and oxygen atoms in total. The lowest BCUT2D eigenvalue weighted by Gasteiger charge is -2.19. The summed E-state index contributed by atoms with van der Waals surface area (Å²) in [5.41, 5.74) is 2.49. The molecule has 0 saturated carbocycles. The van der Waals surface area contributed by atoms with Crippen LogP contribution in [0.2, 0.25) is 0 Å². The van der Waals surface area contributed by atoms with Crippen LogP contribution in [-0.4, -0.2) is 0 Å². The van der Waals surface area contributed by atoms with E-state index in [0.29, 0.717) is 0 Å². The summed E-state index contributed by atoms with van der Waals surface area (Å²) in [5.74, 6) is 0. The molecule has 0 N–H and O–H groups in total. The molecule has 0 aromatic heterocycles. The van der Waals surface area contributed by atoms with Crippen molar-refractivity contribution >= 4 is 15.9 Å². The van der Waals surface area contributed by atoms with Gasteiger partial charge in [-0.3, -0.25) is 0 Å². The number of nitrogens with zero attached hydrogens (tertiary/aromatic N) is 1. The van der Waals surface area contributed by atoms with Crippen molar-refractivity contribution in [2.75, 3.05) is 0 Å². The predicted molar refractivity (Wildman–Crippen MR) is 60.2 cm³/mol. The fourth-order valence-corrected chi connectivity index (χ4v) is 2.73. The third-order valence-electron chi connectivity index (χ3n) is 2.84. The standard InChI is InChI=1S/C12H12BrN/c13-12(9-14)8-4-3-6-10-5-1-2-7-11(10)12/h1-2,5,7H,3-4,6,8H2. The number of fused-ring (bicyclic) bond motifs is 1. The minimum absolute atomic E-state index is 0.444. The van der Waals surface area contributed by atoms with E-state index in [4.69, 9.17) is 0 Å². The van der Waals surface area contributed by atoms with Gasteiger partial charge in [-0.15, -0.1) is 0 Å². The highest BCUT2D eigenvalue weighted by Gasteiger charge is 2.32. The number of benzene rings is 1. The van der Waals surface area contributed by atoms with Crippen molar-refractivity contribution in [2.45, 2.75) is 30.0 Å². The van der Waals surface area contributed by atoms with Crippen LogP contribution in [0.3, 0.4) is 0 Å². The third kappa shape index (κ3) is 1.57. The van der Waals surface area contributed by atoms with Crippen molar-refractivity contribution in [3.05, 3.63) is 35.4 Å². The first-order valence-electron chi connectivity index (χ1n) is 4.95. The summed E-state index contributed by atoms with van der Waals surface area (Å²) in [6.07, 6.45) is 4.32. The molecule has 1 aliphatic carbocycles. The van der Waals surface area contributed by atoms with E-state index in [0.717, 1.165) is 19.3 Å². The van der Waals surface area contributed by atoms with Crippen LogP contribution in [-0.2, 0) is 10.7 Å². The maximum absolute atomic E-state index is 9.23. The van der Waals surface area contributed by atoms with Crippen LogP contribution in [0.25, 0.3) is 0 Å². The Morgan fingerprint density at radius 1 is 1.29 bits per heavy atom. The summed E-state index contributed by atoms with van der Waals surface area (Å²) >= 11 is 3.58. The number of alkyl halides is 1. The van der Waals surface area contributed by atoms with Crippen LogP contribution in [0.4, 0.5) is 0 Å². The summed E-state index contributed by atoms with van der Waals surface area (Å²) < 4.78 is -0.444. The number of nitriles is 1. The topological polar surface area (TPSA) is 23.8 Å². The van der Waals surface area contributed by atoms with Gasteiger partial charge in [0.15, 0.2) is 0 Å². The van der Waals surface area contributed by atoms with E-state index < -0.39 is 4.32 Å². The van der Waals surface area contributed by atoms with Gasteiger partial charge in [0.25, 0.3) is 0 Å². The molecule has 0 heterocycles. The Balaban J connectivity index is 2.54. The van der Waals surface area contributed by atoms with Crippen molar-refractivity contribution < 1.29 is 0 Å². The molecule has 0 aliphatic heterocycles. The van der Waals surface area contributed by atoms with Crippen molar-refractivity contribution in [3.63, 3.8) is 0 Å². The predicted octanol–water partition coefficient (Wildman–Crippen LogP) is 3.53. The smallest absolute Gasteiger partial charge is 0.137 e. The lowest BCUT2D eigenvalue weighted by Crippen LogP contribution is -2.15. The Morgan fingerprint density at radius 3 is 2.86 bits per heavy atom. The van der Waals surface area contributed by atoms with E-state index in [1.54, 1.807) is 0 Å². The fraction of sp³-hybridized carbons (Fsp3) is 0.417. The average Bonchev–Trinajstić information content (AvgIpc) is 2.40. The van der Waals surface area contributed by atoms with Crippen LogP contribution >= 0.6 is 15.9 Å². The van der Waals surface area contributed by atoms with Crippen molar-refractivity contribution in [2.24, 2.45) is 0 Å². The molecule has 0 bridgehead atoms. The van der Waals surface area contributed by atoms with E-state index >= 15 is 0 Å². The number of aryl methyl sites for hydroxylation is 1. The summed E-state index contributed by atoms with van der Waals surface area (Å²) in [4.78, 5) is 0. The van der Waals surface area contributed by atoms with Crippen molar-refractivity contribution in [1.82, 2.24) is 0 Å². The van der Waals surface area contributed by atoms with Gasteiger partial charge in [-0.25, -0.2) is 0 Å². The molecule has 0 amide bonds. The Hall–Kier alpha value is -0.810. The van der Waals surface area contributed by atoms with Crippen molar-refractivity contribution in [3.8, 4) is 6.07 Å². The van der Waals surface area contributed by atoms with Crippen LogP contribution in [0.15, 0.2) is 24.3 Å². The Labute approximate surface area is 92.9 Å². The SMILES string of the molecule is N#CC1(Br)CCCCc2ccccc21. The van der Waals surface area contributed by atoms with Crippen LogP contribution in [0, 0.1) is 11.3 Å². The van der Waals surface area contributed by atoms with Gasteiger partial charge in [0.1, 0.15) is 4.32 Å². The minimum Gasteiger partial charge on any atom is -0.196 e. The molecule has 0 fully saturated rings. The quantitative estimate of drug-likeness (QED) is 0.510. The average molecular weight is 250 g/mol. The second-order valence-electron chi connectivity index (χ2n) is 3.78. The van der Waals surface area contributed by atoms with E-state index in [2.05, 4.69) is 40.2 Å². The Bertz CT molecular complexity index is 380. The second kappa shape index (κ2) is 3.74. The molecule has 1 unspecified atom stereocenters. The fourth-order valence-electron chi connectivity index (χ4n) is 2.06. The van der Waals surface area contributed by atoms with Gasteiger partial charge in [-0.1, -0.05) is 46.6 Å². The molecule has 72 valence electrons. The molecule has 2 rings (SSSR count). The van der Waals surface area contributed by atoms with Gasteiger partial charge in [-0.05, 0) is 30.4 Å². The lowest BCUT2D eigenvalue weighted by atomic mass is 9.94. The Morgan fingerprint density at radius 2 is 2.07 bits per heavy atom. The van der Waals surface area contributed by atoms with Gasteiger partial charge in [0.2, 0.25) is 0 Å². The summed E-state index contributed by atoms with van der Waals surface area (Å²) in [5, 5.41) is 9.23. The Kier molecular flexibility index (Phi) is 2.60. The van der Waals surface area contributed by atoms with E-state index in [1.165, 1.54) is 17.5 Å². The highest BCUT2D eigenvalue weighted by atomic mass is 79.9. The van der Waals surface area contributed by atoms with Gasteiger partial charge in [-0.2, -0.15) is 5.26 Å². The van der Waals surface area contributed by atoms with Crippen LogP contribution in [0.1, 0.15) is 30.4 Å². The summed E-state index contributed by atoms with van der Waals surface area (Å²) in [7, 11) is 0. The number of hydrogen-bond donors (Lipinski definition) is 0. The molecular formula is C12H12BrN. The number of rotatable bonds is 0. The maximum atomic E-state index is 9.23. The number of hydrogen-bond acceptors (Lipinski definition) is 1. The molecule has 0 spiro atoms. The summed E-state index contributed by atoms with van der Waals surface area (Å²) in [6.45, 7) is 0. The molecule has 1 aliphatic rings. The lowest BCUT2D eigenvalue weighted by molar-refractivity contribution is 0.651. The molecule has 14 heavy (non-hydrogen) atoms. The normalized spacial score (nSPS) is 26.0. The van der Waals surface area contributed by atoms with Crippen molar-refractivity contribution in [1.29, 1.82) is 5.26 Å². The van der Waals surface area contributed by atoms with Crippen LogP contribution < -0.4 is 0 Å². The largest absolute Gasteiger partial charge is 0.196 e. The van der Waals surface area contributed by atoms with Gasteiger partial charge < -0.3 is 0 Å². The zero-order chi connectivity index (χ0) is 10.0. The van der Waals surface area contributed by atoms with Gasteiger partial charge in [0, 0.05) is 0 Å². The molecule has 1 atom stereocenters. The maximum Gasteiger partial charge on any atom is 0.137 e. The van der Waals surface area contributed by atoms with E-state index in [-0.39, 0.29) is 0 Å². The molecular weight excluding hydrogens is 238 g/mol. The number of halogens is 1.